The highest BCUT2D eigenvalue weighted by molar-refractivity contribution is 5.75. The van der Waals surface area contributed by atoms with E-state index in [1.54, 1.807) is 11.1 Å². The molecule has 2 aliphatic carbocycles. The second kappa shape index (κ2) is 7.43. The van der Waals surface area contributed by atoms with Crippen LogP contribution in [0.4, 0.5) is 0 Å². The maximum atomic E-state index is 2.46. The molecule has 0 aromatic heterocycles. The van der Waals surface area contributed by atoms with Gasteiger partial charge in [-0.2, -0.15) is 0 Å². The normalized spacial score (nSPS) is 15.1. The molecule has 0 heteroatoms. The SMILES string of the molecule is Cc1ccc2c(c1)C(Cc1cccc(Cc3ccc4c(c3)CCCC4)c1)=CC2. The lowest BCUT2D eigenvalue weighted by molar-refractivity contribution is 0.684. The van der Waals surface area contributed by atoms with E-state index in [4.69, 9.17) is 0 Å². The summed E-state index contributed by atoms with van der Waals surface area (Å²) in [6, 6.07) is 23.3. The van der Waals surface area contributed by atoms with Crippen LogP contribution in [0.15, 0.2) is 66.7 Å². The third-order valence-corrected chi connectivity index (χ3v) is 6.39. The van der Waals surface area contributed by atoms with Crippen LogP contribution in [0.3, 0.4) is 0 Å². The molecule has 0 saturated heterocycles. The minimum Gasteiger partial charge on any atom is -0.0759 e. The van der Waals surface area contributed by atoms with Crippen molar-refractivity contribution in [2.24, 2.45) is 0 Å². The highest BCUT2D eigenvalue weighted by atomic mass is 14.2. The fraction of sp³-hybridized carbons (Fsp3) is 0.286. The molecule has 0 unspecified atom stereocenters. The van der Waals surface area contributed by atoms with Gasteiger partial charge >= 0.3 is 0 Å². The van der Waals surface area contributed by atoms with Crippen LogP contribution in [0.25, 0.3) is 5.57 Å². The molecule has 0 atom stereocenters. The Morgan fingerprint density at radius 1 is 0.679 bits per heavy atom. The molecule has 0 amide bonds. The average molecular weight is 365 g/mol. The van der Waals surface area contributed by atoms with Crippen molar-refractivity contribution in [3.8, 4) is 0 Å². The Balaban J connectivity index is 1.34. The molecule has 0 fully saturated rings. The number of fused-ring (bicyclic) bond motifs is 2. The Labute approximate surface area is 168 Å². The minimum atomic E-state index is 1.04. The van der Waals surface area contributed by atoms with Crippen molar-refractivity contribution < 1.29 is 0 Å². The standard InChI is InChI=1S/C28H28/c1-20-9-11-25-13-14-27(28(25)15-20)19-22-6-4-5-21(16-22)17-23-10-12-24-7-2-3-8-26(24)18-23/h4-6,9-12,14-16,18H,2-3,7-8,13,17,19H2,1H3. The lowest BCUT2D eigenvalue weighted by Gasteiger charge is -2.16. The quantitative estimate of drug-likeness (QED) is 0.486. The zero-order valence-electron chi connectivity index (χ0n) is 16.8. The minimum absolute atomic E-state index is 1.04. The van der Waals surface area contributed by atoms with Crippen LogP contribution in [0.5, 0.6) is 0 Å². The molecule has 0 N–H and O–H groups in total. The van der Waals surface area contributed by atoms with Gasteiger partial charge in [-0.15, -0.1) is 0 Å². The van der Waals surface area contributed by atoms with Gasteiger partial charge in [0, 0.05) is 0 Å². The molecule has 0 nitrogen and oxygen atoms in total. The van der Waals surface area contributed by atoms with E-state index >= 15 is 0 Å². The summed E-state index contributed by atoms with van der Waals surface area (Å²) in [7, 11) is 0. The summed E-state index contributed by atoms with van der Waals surface area (Å²) >= 11 is 0. The maximum absolute atomic E-state index is 2.46. The predicted molar refractivity (Wildman–Crippen MR) is 119 cm³/mol. The van der Waals surface area contributed by atoms with Gasteiger partial charge in [0.15, 0.2) is 0 Å². The monoisotopic (exact) mass is 364 g/mol. The fourth-order valence-electron chi connectivity index (χ4n) is 4.88. The first-order valence-corrected chi connectivity index (χ1v) is 10.7. The van der Waals surface area contributed by atoms with Crippen molar-refractivity contribution in [2.45, 2.75) is 51.9 Å². The molecule has 2 aliphatic rings. The van der Waals surface area contributed by atoms with E-state index < -0.39 is 0 Å². The topological polar surface area (TPSA) is 0 Å². The average Bonchev–Trinajstić information content (AvgIpc) is 3.10. The second-order valence-corrected chi connectivity index (χ2v) is 8.58. The van der Waals surface area contributed by atoms with E-state index in [9.17, 15) is 0 Å². The molecule has 0 saturated carbocycles. The van der Waals surface area contributed by atoms with Crippen molar-refractivity contribution in [3.63, 3.8) is 0 Å². The third-order valence-electron chi connectivity index (χ3n) is 6.39. The molecule has 0 aliphatic heterocycles. The van der Waals surface area contributed by atoms with Crippen molar-refractivity contribution >= 4 is 5.57 Å². The Bertz CT molecular complexity index is 1050. The first-order valence-electron chi connectivity index (χ1n) is 10.7. The lowest BCUT2D eigenvalue weighted by Crippen LogP contribution is -2.03. The smallest absolute Gasteiger partial charge is 0.00227 e. The van der Waals surface area contributed by atoms with E-state index in [2.05, 4.69) is 73.7 Å². The Hall–Kier alpha value is -2.60. The molecule has 28 heavy (non-hydrogen) atoms. The van der Waals surface area contributed by atoms with Crippen LogP contribution in [0.1, 0.15) is 57.3 Å². The van der Waals surface area contributed by atoms with Crippen molar-refractivity contribution in [2.75, 3.05) is 0 Å². The zero-order chi connectivity index (χ0) is 18.9. The summed E-state index contributed by atoms with van der Waals surface area (Å²) < 4.78 is 0. The molecule has 3 aromatic rings. The first kappa shape index (κ1) is 17.5. The van der Waals surface area contributed by atoms with Crippen LogP contribution in [-0.2, 0) is 32.1 Å². The largest absolute Gasteiger partial charge is 0.0759 e. The van der Waals surface area contributed by atoms with Gasteiger partial charge < -0.3 is 0 Å². The second-order valence-electron chi connectivity index (χ2n) is 8.58. The van der Waals surface area contributed by atoms with Crippen molar-refractivity contribution in [3.05, 3.63) is 111 Å². The zero-order valence-corrected chi connectivity index (χ0v) is 16.8. The van der Waals surface area contributed by atoms with Gasteiger partial charge in [0.2, 0.25) is 0 Å². The fourth-order valence-corrected chi connectivity index (χ4v) is 4.88. The summed E-state index contributed by atoms with van der Waals surface area (Å²) in [6.45, 7) is 2.19. The number of rotatable bonds is 4. The molecule has 5 rings (SSSR count). The number of benzene rings is 3. The Morgan fingerprint density at radius 3 is 2.32 bits per heavy atom. The summed E-state index contributed by atoms with van der Waals surface area (Å²) in [6.07, 6.45) is 10.8. The number of allylic oxidation sites excluding steroid dienone is 2. The van der Waals surface area contributed by atoms with Gasteiger partial charge in [-0.25, -0.2) is 0 Å². The molecule has 0 radical (unpaired) electrons. The van der Waals surface area contributed by atoms with Crippen LogP contribution in [0, 0.1) is 6.92 Å². The van der Waals surface area contributed by atoms with Gasteiger partial charge in [-0.1, -0.05) is 72.3 Å². The third kappa shape index (κ3) is 3.56. The summed E-state index contributed by atoms with van der Waals surface area (Å²) in [4.78, 5) is 0. The molecule has 0 spiro atoms. The lowest BCUT2D eigenvalue weighted by atomic mass is 9.89. The predicted octanol–water partition coefficient (Wildman–Crippen LogP) is 6.65. The van der Waals surface area contributed by atoms with E-state index in [1.807, 2.05) is 0 Å². The van der Waals surface area contributed by atoms with Gasteiger partial charge in [-0.3, -0.25) is 0 Å². The highest BCUT2D eigenvalue weighted by Crippen LogP contribution is 2.31. The highest BCUT2D eigenvalue weighted by Gasteiger charge is 2.15. The number of hydrogen-bond acceptors (Lipinski definition) is 0. The molecular formula is C28H28. The van der Waals surface area contributed by atoms with E-state index in [0.29, 0.717) is 0 Å². The van der Waals surface area contributed by atoms with Crippen LogP contribution < -0.4 is 0 Å². The molecule has 0 bridgehead atoms. The molecule has 140 valence electrons. The van der Waals surface area contributed by atoms with Crippen molar-refractivity contribution in [1.82, 2.24) is 0 Å². The summed E-state index contributed by atoms with van der Waals surface area (Å²) in [5, 5.41) is 0. The van der Waals surface area contributed by atoms with E-state index in [0.717, 1.165) is 19.3 Å². The molecule has 3 aromatic carbocycles. The molecule has 0 heterocycles. The van der Waals surface area contributed by atoms with Crippen LogP contribution >= 0.6 is 0 Å². The van der Waals surface area contributed by atoms with Gasteiger partial charge in [-0.05, 0) is 96.4 Å². The Morgan fingerprint density at radius 2 is 1.43 bits per heavy atom. The van der Waals surface area contributed by atoms with Gasteiger partial charge in [0.05, 0.1) is 0 Å². The van der Waals surface area contributed by atoms with Gasteiger partial charge in [0.1, 0.15) is 0 Å². The number of aryl methyl sites for hydroxylation is 3. The van der Waals surface area contributed by atoms with Crippen LogP contribution in [0.2, 0.25) is 0 Å². The van der Waals surface area contributed by atoms with Gasteiger partial charge in [0.25, 0.3) is 0 Å². The van der Waals surface area contributed by atoms with Crippen molar-refractivity contribution in [1.29, 1.82) is 0 Å². The van der Waals surface area contributed by atoms with E-state index in [1.165, 1.54) is 64.6 Å². The summed E-state index contributed by atoms with van der Waals surface area (Å²) in [5.74, 6) is 0. The summed E-state index contributed by atoms with van der Waals surface area (Å²) in [5.41, 5.74) is 13.3. The number of hydrogen-bond donors (Lipinski definition) is 0. The van der Waals surface area contributed by atoms with Crippen LogP contribution in [-0.4, -0.2) is 0 Å². The molecular weight excluding hydrogens is 336 g/mol. The van der Waals surface area contributed by atoms with E-state index in [-0.39, 0.29) is 0 Å². The maximum Gasteiger partial charge on any atom is -0.00227 e. The first-order chi connectivity index (χ1) is 13.7. The Kier molecular flexibility index (Phi) is 4.64.